The van der Waals surface area contributed by atoms with E-state index in [4.69, 9.17) is 5.73 Å². The van der Waals surface area contributed by atoms with Crippen molar-refractivity contribution in [2.24, 2.45) is 5.73 Å². The monoisotopic (exact) mass is 434 g/mol. The first kappa shape index (κ1) is 23.1. The van der Waals surface area contributed by atoms with Crippen LogP contribution < -0.4 is 5.73 Å². The molecule has 2 N–H and O–H groups in total. The van der Waals surface area contributed by atoms with E-state index in [0.717, 1.165) is 43.5 Å². The van der Waals surface area contributed by atoms with Crippen molar-refractivity contribution >= 4 is 18.3 Å². The lowest BCUT2D eigenvalue weighted by molar-refractivity contribution is 0.0712. The average molecular weight is 435 g/mol. The Kier molecular flexibility index (Phi) is 7.89. The number of likely N-dealkylation sites (tertiary alicyclic amines) is 1. The minimum absolute atomic E-state index is 0. The van der Waals surface area contributed by atoms with E-state index >= 15 is 0 Å². The third kappa shape index (κ3) is 5.17. The first-order valence-electron chi connectivity index (χ1n) is 11.0. The van der Waals surface area contributed by atoms with Crippen LogP contribution in [0.2, 0.25) is 0 Å². The van der Waals surface area contributed by atoms with E-state index in [-0.39, 0.29) is 18.3 Å². The number of benzene rings is 3. The Hall–Kier alpha value is -2.62. The number of rotatable bonds is 4. The Labute approximate surface area is 191 Å². The molecule has 1 fully saturated rings. The van der Waals surface area contributed by atoms with Gasteiger partial charge in [-0.3, -0.25) is 4.79 Å². The number of carbonyl (C=O) groups excluding carboxylic acids is 1. The van der Waals surface area contributed by atoms with Gasteiger partial charge < -0.3 is 10.6 Å². The minimum atomic E-state index is 0. The predicted molar refractivity (Wildman–Crippen MR) is 131 cm³/mol. The summed E-state index contributed by atoms with van der Waals surface area (Å²) in [4.78, 5) is 14.8. The standard InChI is InChI=1S/C21H26N2O.C6H4.ClH/c1-2-17-7-3-4-9-20(17)21(24)23-12-10-18(11-13-23)19-8-5-6-16(14-19)15-22;1-2-6-4-3-5(1)6;/h3-9,14,18H,2,10-13,15,22H2,1H3;1-4H;1H. The largest absolute Gasteiger partial charge is 0.339 e. The van der Waals surface area contributed by atoms with Crippen LogP contribution in [-0.4, -0.2) is 23.9 Å². The zero-order chi connectivity index (χ0) is 20.9. The summed E-state index contributed by atoms with van der Waals surface area (Å²) in [5.41, 5.74) is 13.1. The number of hydrogen-bond donors (Lipinski definition) is 1. The van der Waals surface area contributed by atoms with Crippen molar-refractivity contribution < 1.29 is 4.79 Å². The fourth-order valence-electron chi connectivity index (χ4n) is 4.26. The Morgan fingerprint density at radius 2 is 1.58 bits per heavy atom. The van der Waals surface area contributed by atoms with E-state index in [1.807, 2.05) is 23.1 Å². The number of nitrogens with two attached hydrogens (primary N) is 1. The third-order valence-corrected chi connectivity index (χ3v) is 6.29. The summed E-state index contributed by atoms with van der Waals surface area (Å²) < 4.78 is 0. The van der Waals surface area contributed by atoms with E-state index in [0.29, 0.717) is 12.5 Å². The highest BCUT2D eigenvalue weighted by molar-refractivity contribution is 5.95. The number of hydrogen-bond acceptors (Lipinski definition) is 2. The van der Waals surface area contributed by atoms with Crippen LogP contribution in [0, 0.1) is 0 Å². The molecule has 1 saturated heterocycles. The van der Waals surface area contributed by atoms with E-state index in [1.165, 1.54) is 22.3 Å². The van der Waals surface area contributed by atoms with Gasteiger partial charge in [0.25, 0.3) is 5.91 Å². The second kappa shape index (κ2) is 10.6. The molecule has 0 bridgehead atoms. The van der Waals surface area contributed by atoms with Crippen molar-refractivity contribution in [3.8, 4) is 11.1 Å². The fraction of sp³-hybridized carbons (Fsp3) is 0.296. The van der Waals surface area contributed by atoms with Gasteiger partial charge in [0.15, 0.2) is 0 Å². The first-order valence-corrected chi connectivity index (χ1v) is 11.0. The number of aryl methyl sites for hydroxylation is 1. The molecular formula is C27H31ClN2O. The Balaban J connectivity index is 0.000000330. The molecule has 2 aromatic carbocycles. The number of nitrogens with zero attached hydrogens (tertiary/aromatic N) is 1. The smallest absolute Gasteiger partial charge is 0.254 e. The Morgan fingerprint density at radius 3 is 2.13 bits per heavy atom. The van der Waals surface area contributed by atoms with Crippen molar-refractivity contribution in [3.05, 3.63) is 95.1 Å². The van der Waals surface area contributed by atoms with Gasteiger partial charge in [-0.25, -0.2) is 0 Å². The highest BCUT2D eigenvalue weighted by Crippen LogP contribution is 2.30. The zero-order valence-electron chi connectivity index (χ0n) is 18.1. The fourth-order valence-corrected chi connectivity index (χ4v) is 4.26. The molecule has 162 valence electrons. The molecule has 1 aliphatic heterocycles. The normalized spacial score (nSPS) is 14.2. The number of fused-ring (bicyclic) bond motifs is 1. The van der Waals surface area contributed by atoms with Crippen molar-refractivity contribution in [2.45, 2.75) is 38.6 Å². The summed E-state index contributed by atoms with van der Waals surface area (Å²) in [6.07, 6.45) is 2.94. The molecule has 0 saturated carbocycles. The van der Waals surface area contributed by atoms with Gasteiger partial charge in [-0.05, 0) is 59.1 Å². The summed E-state index contributed by atoms with van der Waals surface area (Å²) >= 11 is 0. The molecule has 0 atom stereocenters. The van der Waals surface area contributed by atoms with Crippen LogP contribution >= 0.6 is 12.4 Å². The van der Waals surface area contributed by atoms with E-state index < -0.39 is 0 Å². The van der Waals surface area contributed by atoms with Gasteiger partial charge in [0.2, 0.25) is 0 Å². The van der Waals surface area contributed by atoms with E-state index in [2.05, 4.69) is 61.5 Å². The third-order valence-electron chi connectivity index (χ3n) is 6.29. The summed E-state index contributed by atoms with van der Waals surface area (Å²) in [5.74, 6) is 0.712. The quantitative estimate of drug-likeness (QED) is 0.440. The minimum Gasteiger partial charge on any atom is -0.339 e. The van der Waals surface area contributed by atoms with Crippen molar-refractivity contribution in [1.29, 1.82) is 0 Å². The summed E-state index contributed by atoms with van der Waals surface area (Å²) in [7, 11) is 0. The second-order valence-electron chi connectivity index (χ2n) is 8.10. The molecule has 5 rings (SSSR count). The molecule has 0 unspecified atom stereocenters. The van der Waals surface area contributed by atoms with Gasteiger partial charge >= 0.3 is 0 Å². The molecule has 2 aliphatic carbocycles. The molecule has 2 aromatic rings. The van der Waals surface area contributed by atoms with Gasteiger partial charge in [0.1, 0.15) is 0 Å². The predicted octanol–water partition coefficient (Wildman–Crippen LogP) is 5.82. The zero-order valence-corrected chi connectivity index (χ0v) is 18.9. The van der Waals surface area contributed by atoms with Crippen LogP contribution in [0.5, 0.6) is 0 Å². The van der Waals surface area contributed by atoms with Gasteiger partial charge in [0, 0.05) is 25.2 Å². The SMILES string of the molecule is CCc1ccccc1C(=O)N1CCC(c2cccc(CN)c2)CC1.Cl.c1cc2ccc1-2. The molecule has 0 aromatic heterocycles. The molecule has 3 nitrogen and oxygen atoms in total. The van der Waals surface area contributed by atoms with Crippen LogP contribution in [0.1, 0.15) is 52.7 Å². The van der Waals surface area contributed by atoms with Crippen LogP contribution in [-0.2, 0) is 13.0 Å². The van der Waals surface area contributed by atoms with Crippen LogP contribution in [0.15, 0.2) is 72.8 Å². The van der Waals surface area contributed by atoms with E-state index in [9.17, 15) is 4.79 Å². The van der Waals surface area contributed by atoms with Gasteiger partial charge in [-0.15, -0.1) is 12.4 Å². The first-order chi connectivity index (χ1) is 14.7. The van der Waals surface area contributed by atoms with E-state index in [1.54, 1.807) is 0 Å². The number of amides is 1. The average Bonchev–Trinajstić information content (AvgIpc) is 2.81. The maximum absolute atomic E-state index is 12.8. The highest BCUT2D eigenvalue weighted by atomic mass is 35.5. The van der Waals surface area contributed by atoms with Gasteiger partial charge in [0.05, 0.1) is 0 Å². The van der Waals surface area contributed by atoms with Crippen molar-refractivity contribution in [3.63, 3.8) is 0 Å². The molecule has 1 heterocycles. The van der Waals surface area contributed by atoms with Gasteiger partial charge in [-0.2, -0.15) is 0 Å². The van der Waals surface area contributed by atoms with Crippen LogP contribution in [0.3, 0.4) is 0 Å². The number of carbonyl (C=O) groups is 1. The second-order valence-corrected chi connectivity index (χ2v) is 8.10. The maximum Gasteiger partial charge on any atom is 0.254 e. The molecule has 3 aliphatic rings. The summed E-state index contributed by atoms with van der Waals surface area (Å²) in [5, 5.41) is 0. The van der Waals surface area contributed by atoms with Gasteiger partial charge in [-0.1, -0.05) is 73.7 Å². The van der Waals surface area contributed by atoms with Crippen molar-refractivity contribution in [2.75, 3.05) is 13.1 Å². The topological polar surface area (TPSA) is 46.3 Å². The lowest BCUT2D eigenvalue weighted by Gasteiger charge is -2.33. The summed E-state index contributed by atoms with van der Waals surface area (Å²) in [6, 6.07) is 25.0. The Bertz CT molecular complexity index is 987. The lowest BCUT2D eigenvalue weighted by atomic mass is 9.88. The molecule has 1 amide bonds. The maximum atomic E-state index is 12.8. The highest BCUT2D eigenvalue weighted by Gasteiger charge is 2.25. The number of piperidine rings is 1. The lowest BCUT2D eigenvalue weighted by Crippen LogP contribution is -2.38. The van der Waals surface area contributed by atoms with Crippen molar-refractivity contribution in [1.82, 2.24) is 4.90 Å². The Morgan fingerprint density at radius 1 is 0.935 bits per heavy atom. The molecular weight excluding hydrogens is 404 g/mol. The van der Waals surface area contributed by atoms with Crippen LogP contribution in [0.4, 0.5) is 0 Å². The summed E-state index contributed by atoms with van der Waals surface area (Å²) in [6.45, 7) is 4.34. The van der Waals surface area contributed by atoms with Crippen LogP contribution in [0.25, 0.3) is 11.1 Å². The molecule has 0 spiro atoms. The number of halogens is 1. The molecule has 31 heavy (non-hydrogen) atoms. The molecule has 0 radical (unpaired) electrons. The molecule has 4 heteroatoms.